The smallest absolute Gasteiger partial charge is 0.107 e. The lowest BCUT2D eigenvalue weighted by molar-refractivity contribution is 0.0991. The van der Waals surface area contributed by atoms with Crippen molar-refractivity contribution >= 4 is 28.5 Å². The lowest BCUT2D eigenvalue weighted by atomic mass is 10.3. The van der Waals surface area contributed by atoms with Gasteiger partial charge in [-0.1, -0.05) is 25.2 Å². The molecule has 2 N–H and O–H groups in total. The van der Waals surface area contributed by atoms with Crippen molar-refractivity contribution in [2.24, 2.45) is 5.73 Å². The Morgan fingerprint density at radius 3 is 3.00 bits per heavy atom. The van der Waals surface area contributed by atoms with Gasteiger partial charge < -0.3 is 10.5 Å². The molecule has 1 unspecified atom stereocenters. The van der Waals surface area contributed by atoms with Crippen molar-refractivity contribution in [3.8, 4) is 0 Å². The summed E-state index contributed by atoms with van der Waals surface area (Å²) in [6.07, 6.45) is 1.72. The molecular formula is C10H15NOS2. The van der Waals surface area contributed by atoms with Crippen LogP contribution in [0.1, 0.15) is 18.2 Å². The van der Waals surface area contributed by atoms with E-state index in [-0.39, 0.29) is 6.10 Å². The molecule has 2 nitrogen and oxygen atoms in total. The first kappa shape index (κ1) is 11.6. The SMILES string of the molecule is CCC(OCCc1cccs1)C(N)=S. The average molecular weight is 229 g/mol. The second-order valence-corrected chi connectivity index (χ2v) is 4.50. The van der Waals surface area contributed by atoms with E-state index in [1.165, 1.54) is 4.88 Å². The van der Waals surface area contributed by atoms with Crippen LogP contribution in [0.2, 0.25) is 0 Å². The molecule has 1 aromatic rings. The molecule has 78 valence electrons. The zero-order valence-corrected chi connectivity index (χ0v) is 9.87. The predicted octanol–water partition coefficient (Wildman–Crippen LogP) is 2.37. The summed E-state index contributed by atoms with van der Waals surface area (Å²) in [4.78, 5) is 1.79. The molecule has 0 aromatic carbocycles. The molecule has 0 saturated heterocycles. The van der Waals surface area contributed by atoms with E-state index in [2.05, 4.69) is 11.4 Å². The molecule has 14 heavy (non-hydrogen) atoms. The van der Waals surface area contributed by atoms with E-state index in [1.54, 1.807) is 11.3 Å². The minimum Gasteiger partial charge on any atom is -0.391 e. The number of thiophene rings is 1. The molecule has 0 radical (unpaired) electrons. The number of ether oxygens (including phenoxy) is 1. The van der Waals surface area contributed by atoms with Crippen LogP contribution < -0.4 is 5.73 Å². The lowest BCUT2D eigenvalue weighted by Crippen LogP contribution is -2.29. The first-order valence-corrected chi connectivity index (χ1v) is 5.96. The highest BCUT2D eigenvalue weighted by atomic mass is 32.1. The van der Waals surface area contributed by atoms with Gasteiger partial charge in [0.1, 0.15) is 11.1 Å². The van der Waals surface area contributed by atoms with Crippen LogP contribution in [0.25, 0.3) is 0 Å². The van der Waals surface area contributed by atoms with Gasteiger partial charge in [0.15, 0.2) is 0 Å². The fourth-order valence-corrected chi connectivity index (χ4v) is 2.08. The Morgan fingerprint density at radius 1 is 1.71 bits per heavy atom. The van der Waals surface area contributed by atoms with Crippen molar-refractivity contribution in [2.45, 2.75) is 25.9 Å². The largest absolute Gasteiger partial charge is 0.391 e. The molecule has 1 aromatic heterocycles. The molecule has 0 saturated carbocycles. The maximum atomic E-state index is 5.57. The van der Waals surface area contributed by atoms with Crippen molar-refractivity contribution < 1.29 is 4.74 Å². The Morgan fingerprint density at radius 2 is 2.50 bits per heavy atom. The number of thiocarbonyl (C=S) groups is 1. The van der Waals surface area contributed by atoms with E-state index in [0.717, 1.165) is 12.8 Å². The van der Waals surface area contributed by atoms with Gasteiger partial charge in [-0.05, 0) is 17.9 Å². The lowest BCUT2D eigenvalue weighted by Gasteiger charge is -2.13. The van der Waals surface area contributed by atoms with Crippen LogP contribution in [0, 0.1) is 0 Å². The van der Waals surface area contributed by atoms with Gasteiger partial charge in [0, 0.05) is 11.3 Å². The molecule has 1 rings (SSSR count). The molecule has 0 aliphatic heterocycles. The molecule has 1 atom stereocenters. The molecule has 0 amide bonds. The number of rotatable bonds is 6. The molecule has 0 aliphatic rings. The first-order chi connectivity index (χ1) is 6.74. The summed E-state index contributed by atoms with van der Waals surface area (Å²) in [5.74, 6) is 0. The summed E-state index contributed by atoms with van der Waals surface area (Å²) in [6, 6.07) is 4.15. The Bertz CT molecular complexity index is 272. The standard InChI is InChI=1S/C10H15NOS2/c1-2-9(10(11)13)12-6-5-8-4-3-7-14-8/h3-4,7,9H,2,5-6H2,1H3,(H2,11,13). The van der Waals surface area contributed by atoms with Crippen LogP contribution >= 0.6 is 23.6 Å². The summed E-state index contributed by atoms with van der Waals surface area (Å²) >= 11 is 6.63. The van der Waals surface area contributed by atoms with E-state index in [1.807, 2.05) is 13.0 Å². The molecule has 1 heterocycles. The van der Waals surface area contributed by atoms with Gasteiger partial charge in [-0.25, -0.2) is 0 Å². The van der Waals surface area contributed by atoms with Gasteiger partial charge in [-0.3, -0.25) is 0 Å². The minimum atomic E-state index is -0.0648. The van der Waals surface area contributed by atoms with E-state index in [4.69, 9.17) is 22.7 Å². The van der Waals surface area contributed by atoms with Crippen molar-refractivity contribution in [1.29, 1.82) is 0 Å². The summed E-state index contributed by atoms with van der Waals surface area (Å²) in [5, 5.41) is 2.07. The summed E-state index contributed by atoms with van der Waals surface area (Å²) < 4.78 is 5.57. The number of nitrogens with two attached hydrogens (primary N) is 1. The quantitative estimate of drug-likeness (QED) is 0.761. The van der Waals surface area contributed by atoms with E-state index >= 15 is 0 Å². The van der Waals surface area contributed by atoms with Crippen LogP contribution in [-0.2, 0) is 11.2 Å². The Hall–Kier alpha value is -0.450. The maximum Gasteiger partial charge on any atom is 0.107 e. The van der Waals surface area contributed by atoms with Gasteiger partial charge in [0.05, 0.1) is 6.61 Å². The number of hydrogen-bond donors (Lipinski definition) is 1. The van der Waals surface area contributed by atoms with Gasteiger partial charge in [-0.2, -0.15) is 0 Å². The Labute approximate surface area is 94.1 Å². The van der Waals surface area contributed by atoms with Crippen molar-refractivity contribution in [2.75, 3.05) is 6.61 Å². The predicted molar refractivity (Wildman–Crippen MR) is 64.8 cm³/mol. The highest BCUT2D eigenvalue weighted by molar-refractivity contribution is 7.80. The van der Waals surface area contributed by atoms with E-state index in [0.29, 0.717) is 11.6 Å². The monoisotopic (exact) mass is 229 g/mol. The van der Waals surface area contributed by atoms with Crippen LogP contribution in [0.4, 0.5) is 0 Å². The second kappa shape index (κ2) is 6.11. The Balaban J connectivity index is 2.23. The van der Waals surface area contributed by atoms with Crippen LogP contribution in [0.3, 0.4) is 0 Å². The fourth-order valence-electron chi connectivity index (χ4n) is 1.16. The van der Waals surface area contributed by atoms with Gasteiger partial charge >= 0.3 is 0 Å². The van der Waals surface area contributed by atoms with Crippen LogP contribution in [-0.4, -0.2) is 17.7 Å². The zero-order chi connectivity index (χ0) is 10.4. The van der Waals surface area contributed by atoms with Gasteiger partial charge in [0.25, 0.3) is 0 Å². The van der Waals surface area contributed by atoms with E-state index in [9.17, 15) is 0 Å². The highest BCUT2D eigenvalue weighted by Gasteiger charge is 2.08. The maximum absolute atomic E-state index is 5.57. The fraction of sp³-hybridized carbons (Fsp3) is 0.500. The minimum absolute atomic E-state index is 0.0648. The first-order valence-electron chi connectivity index (χ1n) is 4.67. The summed E-state index contributed by atoms with van der Waals surface area (Å²) in [7, 11) is 0. The average Bonchev–Trinajstić information content (AvgIpc) is 2.64. The summed E-state index contributed by atoms with van der Waals surface area (Å²) in [6.45, 7) is 2.71. The van der Waals surface area contributed by atoms with Crippen molar-refractivity contribution in [3.05, 3.63) is 22.4 Å². The third-order valence-electron chi connectivity index (χ3n) is 1.94. The molecular weight excluding hydrogens is 214 g/mol. The van der Waals surface area contributed by atoms with Crippen LogP contribution in [0.15, 0.2) is 17.5 Å². The normalized spacial score (nSPS) is 12.6. The molecule has 0 fully saturated rings. The molecule has 0 spiro atoms. The second-order valence-electron chi connectivity index (χ2n) is 3.00. The molecule has 0 aliphatic carbocycles. The highest BCUT2D eigenvalue weighted by Crippen LogP contribution is 2.10. The molecule has 0 bridgehead atoms. The van der Waals surface area contributed by atoms with Gasteiger partial charge in [0.2, 0.25) is 0 Å². The van der Waals surface area contributed by atoms with Crippen molar-refractivity contribution in [1.82, 2.24) is 0 Å². The topological polar surface area (TPSA) is 35.2 Å². The van der Waals surface area contributed by atoms with E-state index < -0.39 is 0 Å². The number of hydrogen-bond acceptors (Lipinski definition) is 3. The Kier molecular flexibility index (Phi) is 5.07. The van der Waals surface area contributed by atoms with Crippen LogP contribution in [0.5, 0.6) is 0 Å². The van der Waals surface area contributed by atoms with Crippen molar-refractivity contribution in [3.63, 3.8) is 0 Å². The zero-order valence-electron chi connectivity index (χ0n) is 8.23. The van der Waals surface area contributed by atoms with Gasteiger partial charge in [-0.15, -0.1) is 11.3 Å². The third-order valence-corrected chi connectivity index (χ3v) is 3.13. The summed E-state index contributed by atoms with van der Waals surface area (Å²) in [5.41, 5.74) is 5.52. The third kappa shape index (κ3) is 3.74. The molecule has 4 heteroatoms.